The molecule has 1 aliphatic heterocycles. The molecule has 9 nitrogen and oxygen atoms in total. The summed E-state index contributed by atoms with van der Waals surface area (Å²) in [4.78, 5) is 16.2. The molecular weight excluding hydrogens is 480 g/mol. The number of ether oxygens (including phenoxy) is 1. The average molecular weight is 508 g/mol. The number of alkyl halides is 2. The summed E-state index contributed by atoms with van der Waals surface area (Å²) in [6.45, 7) is 4.56. The van der Waals surface area contributed by atoms with E-state index < -0.39 is 21.9 Å². The van der Waals surface area contributed by atoms with Gasteiger partial charge in [0.1, 0.15) is 17.6 Å². The number of aromatic nitrogens is 3. The minimum absolute atomic E-state index is 0.0570. The Morgan fingerprint density at radius 1 is 1.09 bits per heavy atom. The number of piperazine rings is 1. The van der Waals surface area contributed by atoms with Crippen LogP contribution in [-0.2, 0) is 27.1 Å². The fourth-order valence-corrected chi connectivity index (χ4v) is 5.27. The van der Waals surface area contributed by atoms with E-state index in [1.165, 1.54) is 29.2 Å². The third-order valence-electron chi connectivity index (χ3n) is 5.96. The predicted octanol–water partition coefficient (Wildman–Crippen LogP) is 3.11. The molecule has 12 heteroatoms. The summed E-state index contributed by atoms with van der Waals surface area (Å²) in [5.74, 6) is -3.03. The van der Waals surface area contributed by atoms with Gasteiger partial charge in [-0.2, -0.15) is 15.4 Å². The summed E-state index contributed by atoms with van der Waals surface area (Å²) in [7, 11) is -3.50. The maximum Gasteiger partial charge on any atom is 0.410 e. The fourth-order valence-electron chi connectivity index (χ4n) is 3.97. The number of amides is 1. The second-order valence-corrected chi connectivity index (χ2v) is 10.9. The average Bonchev–Trinajstić information content (AvgIpc) is 3.29. The van der Waals surface area contributed by atoms with E-state index in [0.717, 1.165) is 6.92 Å². The molecule has 1 aliphatic rings. The molecule has 4 rings (SSSR count). The van der Waals surface area contributed by atoms with Crippen LogP contribution in [0.1, 0.15) is 23.6 Å². The van der Waals surface area contributed by atoms with E-state index in [0.29, 0.717) is 54.9 Å². The van der Waals surface area contributed by atoms with Crippen LogP contribution in [0.2, 0.25) is 0 Å². The molecule has 0 unspecified atom stereocenters. The zero-order chi connectivity index (χ0) is 25.2. The van der Waals surface area contributed by atoms with Gasteiger partial charge in [-0.25, -0.2) is 22.0 Å². The SMILES string of the molecule is Cc1cc(COC(=O)N2CCN(CCS(=O)(=O)c3ccc4n[nH]nc4c3)CC2)cc(C(C)(F)F)c1. The minimum atomic E-state index is -3.50. The molecule has 0 spiro atoms. The third kappa shape index (κ3) is 6.12. The first-order valence-corrected chi connectivity index (χ1v) is 12.8. The second-order valence-electron chi connectivity index (χ2n) is 8.77. The second kappa shape index (κ2) is 9.86. The highest BCUT2D eigenvalue weighted by Crippen LogP contribution is 2.28. The van der Waals surface area contributed by atoms with Gasteiger partial charge >= 0.3 is 6.09 Å². The fraction of sp³-hybridized carbons (Fsp3) is 0.435. The largest absolute Gasteiger partial charge is 0.445 e. The number of halogens is 2. The summed E-state index contributed by atoms with van der Waals surface area (Å²) >= 11 is 0. The molecule has 188 valence electrons. The van der Waals surface area contributed by atoms with Crippen molar-refractivity contribution >= 4 is 27.0 Å². The lowest BCUT2D eigenvalue weighted by atomic mass is 10.0. The first-order valence-electron chi connectivity index (χ1n) is 11.2. The Hall–Kier alpha value is -3.12. The van der Waals surface area contributed by atoms with Crippen molar-refractivity contribution in [2.45, 2.75) is 31.3 Å². The zero-order valence-electron chi connectivity index (χ0n) is 19.5. The number of hydrogen-bond acceptors (Lipinski definition) is 7. The summed E-state index contributed by atoms with van der Waals surface area (Å²) in [6, 6.07) is 9.10. The molecular formula is C23H27F2N5O4S. The monoisotopic (exact) mass is 507 g/mol. The Labute approximate surface area is 202 Å². The number of carbonyl (C=O) groups is 1. The van der Waals surface area contributed by atoms with E-state index in [1.807, 2.05) is 4.90 Å². The number of H-pyrrole nitrogens is 1. The van der Waals surface area contributed by atoms with Gasteiger partial charge in [0.25, 0.3) is 5.92 Å². The van der Waals surface area contributed by atoms with E-state index in [2.05, 4.69) is 15.4 Å². The summed E-state index contributed by atoms with van der Waals surface area (Å²) in [5, 5.41) is 10.3. The van der Waals surface area contributed by atoms with Crippen molar-refractivity contribution in [3.05, 3.63) is 53.1 Å². The van der Waals surface area contributed by atoms with Crippen molar-refractivity contribution in [3.8, 4) is 0 Å². The molecule has 1 fully saturated rings. The third-order valence-corrected chi connectivity index (χ3v) is 7.65. The van der Waals surface area contributed by atoms with Crippen LogP contribution < -0.4 is 0 Å². The molecule has 1 aromatic heterocycles. The molecule has 0 radical (unpaired) electrons. The summed E-state index contributed by atoms with van der Waals surface area (Å²) in [6.07, 6.45) is -0.524. The van der Waals surface area contributed by atoms with Gasteiger partial charge in [-0.1, -0.05) is 17.7 Å². The maximum atomic E-state index is 13.7. The number of nitrogens with zero attached hydrogens (tertiary/aromatic N) is 4. The van der Waals surface area contributed by atoms with Crippen LogP contribution in [0.4, 0.5) is 13.6 Å². The molecule has 0 saturated carbocycles. The van der Waals surface area contributed by atoms with Crippen molar-refractivity contribution in [1.29, 1.82) is 0 Å². The maximum absolute atomic E-state index is 13.7. The molecule has 0 atom stereocenters. The van der Waals surface area contributed by atoms with E-state index in [-0.39, 0.29) is 22.8 Å². The number of nitrogens with one attached hydrogen (secondary N) is 1. The summed E-state index contributed by atoms with van der Waals surface area (Å²) in [5.41, 5.74) is 2.14. The van der Waals surface area contributed by atoms with Crippen LogP contribution in [0.3, 0.4) is 0 Å². The quantitative estimate of drug-likeness (QED) is 0.524. The van der Waals surface area contributed by atoms with E-state index >= 15 is 0 Å². The predicted molar refractivity (Wildman–Crippen MR) is 125 cm³/mol. The first-order chi connectivity index (χ1) is 16.5. The molecule has 0 bridgehead atoms. The van der Waals surface area contributed by atoms with Crippen LogP contribution in [0.5, 0.6) is 0 Å². The molecule has 35 heavy (non-hydrogen) atoms. The van der Waals surface area contributed by atoms with E-state index in [9.17, 15) is 22.0 Å². The Morgan fingerprint density at radius 3 is 2.51 bits per heavy atom. The Bertz CT molecular complexity index is 1310. The van der Waals surface area contributed by atoms with Crippen LogP contribution in [0.25, 0.3) is 11.0 Å². The topological polar surface area (TPSA) is 108 Å². The Balaban J connectivity index is 1.25. The Kier molecular flexibility index (Phi) is 7.04. The summed E-state index contributed by atoms with van der Waals surface area (Å²) < 4.78 is 58.1. The molecule has 1 saturated heterocycles. The van der Waals surface area contributed by atoms with Crippen LogP contribution in [0.15, 0.2) is 41.3 Å². The first kappa shape index (κ1) is 25.0. The number of aromatic amines is 1. The molecule has 1 amide bonds. The molecule has 2 aromatic carbocycles. The number of carbonyl (C=O) groups excluding carboxylic acids is 1. The highest BCUT2D eigenvalue weighted by molar-refractivity contribution is 7.91. The van der Waals surface area contributed by atoms with Crippen molar-refractivity contribution in [3.63, 3.8) is 0 Å². The zero-order valence-corrected chi connectivity index (χ0v) is 20.3. The Morgan fingerprint density at radius 2 is 1.80 bits per heavy atom. The highest BCUT2D eigenvalue weighted by Gasteiger charge is 2.26. The smallest absolute Gasteiger partial charge is 0.410 e. The lowest BCUT2D eigenvalue weighted by Gasteiger charge is -2.34. The van der Waals surface area contributed by atoms with Crippen LogP contribution in [0, 0.1) is 6.92 Å². The molecule has 2 heterocycles. The van der Waals surface area contributed by atoms with Crippen LogP contribution in [-0.4, -0.2) is 78.2 Å². The standard InChI is InChI=1S/C23H27F2N5O4S/c1-16-11-17(13-18(12-16)23(2,24)25)15-34-22(31)30-7-5-29(6-8-30)9-10-35(32,33)19-3-4-20-21(14-19)27-28-26-20/h3-4,11-14H,5-10,15H2,1-2H3,(H,26,27,28). The van der Waals surface area contributed by atoms with Gasteiger partial charge in [-0.3, -0.25) is 4.90 Å². The lowest BCUT2D eigenvalue weighted by molar-refractivity contribution is 0.0172. The van der Waals surface area contributed by atoms with Gasteiger partial charge in [0.05, 0.1) is 10.6 Å². The van der Waals surface area contributed by atoms with Gasteiger partial charge in [0.15, 0.2) is 9.84 Å². The highest BCUT2D eigenvalue weighted by atomic mass is 32.2. The number of sulfone groups is 1. The van der Waals surface area contributed by atoms with Crippen LogP contribution >= 0.6 is 0 Å². The number of aryl methyl sites for hydroxylation is 1. The minimum Gasteiger partial charge on any atom is -0.445 e. The number of hydrogen-bond donors (Lipinski definition) is 1. The molecule has 3 aromatic rings. The van der Waals surface area contributed by atoms with Crippen molar-refractivity contribution in [2.75, 3.05) is 38.5 Å². The van der Waals surface area contributed by atoms with Gasteiger partial charge in [-0.05, 0) is 36.8 Å². The number of fused-ring (bicyclic) bond motifs is 1. The van der Waals surface area contributed by atoms with Gasteiger partial charge < -0.3 is 9.64 Å². The van der Waals surface area contributed by atoms with Crippen molar-refractivity contribution in [2.24, 2.45) is 0 Å². The van der Waals surface area contributed by atoms with Crippen molar-refractivity contribution in [1.82, 2.24) is 25.2 Å². The molecule has 1 N–H and O–H groups in total. The van der Waals surface area contributed by atoms with E-state index in [4.69, 9.17) is 4.74 Å². The number of benzene rings is 2. The van der Waals surface area contributed by atoms with E-state index in [1.54, 1.807) is 19.1 Å². The normalized spacial score (nSPS) is 15.5. The van der Waals surface area contributed by atoms with Crippen molar-refractivity contribution < 1.29 is 26.7 Å². The van der Waals surface area contributed by atoms with Gasteiger partial charge in [0.2, 0.25) is 0 Å². The van der Waals surface area contributed by atoms with Gasteiger partial charge in [-0.15, -0.1) is 0 Å². The lowest BCUT2D eigenvalue weighted by Crippen LogP contribution is -2.49. The molecule has 0 aliphatic carbocycles. The van der Waals surface area contributed by atoms with Gasteiger partial charge in [0, 0.05) is 45.2 Å². The number of rotatable bonds is 7.